The number of nitrogens with one attached hydrogen (secondary N) is 1. The number of nitrogens with zero attached hydrogens (tertiary/aromatic N) is 2. The molecule has 0 amide bonds. The maximum absolute atomic E-state index is 9.78. The SMILES string of the molecule is CCC1OCCC1CNCC(O)COc1cnsn1. The Kier molecular flexibility index (Phi) is 5.96. The first-order valence-electron chi connectivity index (χ1n) is 6.70. The zero-order valence-corrected chi connectivity index (χ0v) is 11.9. The topological polar surface area (TPSA) is 76.5 Å². The van der Waals surface area contributed by atoms with Crippen LogP contribution in [0.4, 0.5) is 0 Å². The molecule has 7 heteroatoms. The van der Waals surface area contributed by atoms with Crippen LogP contribution in [0.3, 0.4) is 0 Å². The second kappa shape index (κ2) is 7.74. The number of rotatable bonds is 8. The van der Waals surface area contributed by atoms with Crippen LogP contribution in [0.15, 0.2) is 6.20 Å². The quantitative estimate of drug-likeness (QED) is 0.732. The van der Waals surface area contributed by atoms with Crippen molar-refractivity contribution in [3.8, 4) is 5.88 Å². The molecule has 6 nitrogen and oxygen atoms in total. The van der Waals surface area contributed by atoms with Crippen LogP contribution in [0.1, 0.15) is 19.8 Å². The van der Waals surface area contributed by atoms with E-state index in [2.05, 4.69) is 21.0 Å². The van der Waals surface area contributed by atoms with E-state index in [1.54, 1.807) is 6.20 Å². The van der Waals surface area contributed by atoms with Crippen LogP contribution < -0.4 is 10.1 Å². The van der Waals surface area contributed by atoms with Crippen molar-refractivity contribution in [3.05, 3.63) is 6.20 Å². The van der Waals surface area contributed by atoms with Crippen molar-refractivity contribution >= 4 is 11.7 Å². The first kappa shape index (κ1) is 14.6. The second-order valence-electron chi connectivity index (χ2n) is 4.74. The minimum absolute atomic E-state index is 0.233. The summed E-state index contributed by atoms with van der Waals surface area (Å²) in [6.07, 6.45) is 3.52. The van der Waals surface area contributed by atoms with Gasteiger partial charge in [-0.15, -0.1) is 4.37 Å². The standard InChI is InChI=1S/C12H21N3O3S/c1-2-11-9(3-4-17-11)5-13-6-10(16)8-18-12-7-14-19-15-12/h7,9-11,13,16H,2-6,8H2,1H3. The predicted molar refractivity (Wildman–Crippen MR) is 72.4 cm³/mol. The Hall–Kier alpha value is -0.760. The highest BCUT2D eigenvalue weighted by Crippen LogP contribution is 2.22. The van der Waals surface area contributed by atoms with E-state index in [1.165, 1.54) is 0 Å². The summed E-state index contributed by atoms with van der Waals surface area (Å²) in [4.78, 5) is 0. The highest BCUT2D eigenvalue weighted by Gasteiger charge is 2.26. The van der Waals surface area contributed by atoms with Crippen molar-refractivity contribution in [2.45, 2.75) is 32.0 Å². The number of ether oxygens (including phenoxy) is 2. The lowest BCUT2D eigenvalue weighted by Gasteiger charge is -2.18. The number of aliphatic hydroxyl groups excluding tert-OH is 1. The molecule has 2 heterocycles. The zero-order chi connectivity index (χ0) is 13.5. The highest BCUT2D eigenvalue weighted by atomic mass is 32.1. The Bertz CT molecular complexity index is 350. The highest BCUT2D eigenvalue weighted by molar-refractivity contribution is 6.99. The summed E-state index contributed by atoms with van der Waals surface area (Å²) in [6, 6.07) is 0. The van der Waals surface area contributed by atoms with E-state index in [9.17, 15) is 5.11 Å². The van der Waals surface area contributed by atoms with E-state index in [0.29, 0.717) is 24.4 Å². The molecule has 0 saturated carbocycles. The molecular formula is C12H21N3O3S. The van der Waals surface area contributed by atoms with Crippen molar-refractivity contribution < 1.29 is 14.6 Å². The van der Waals surface area contributed by atoms with Gasteiger partial charge in [0.05, 0.1) is 17.8 Å². The normalized spacial score (nSPS) is 24.5. The summed E-state index contributed by atoms with van der Waals surface area (Å²) in [5.74, 6) is 1.03. The summed E-state index contributed by atoms with van der Waals surface area (Å²) >= 11 is 1.09. The van der Waals surface area contributed by atoms with Crippen molar-refractivity contribution in [1.82, 2.24) is 14.1 Å². The van der Waals surface area contributed by atoms with Gasteiger partial charge in [-0.25, -0.2) is 0 Å². The molecule has 1 aromatic rings. The van der Waals surface area contributed by atoms with Gasteiger partial charge in [-0.05, 0) is 18.8 Å². The molecule has 1 fully saturated rings. The fourth-order valence-electron chi connectivity index (χ4n) is 2.27. The fraction of sp³-hybridized carbons (Fsp3) is 0.833. The first-order chi connectivity index (χ1) is 9.29. The molecular weight excluding hydrogens is 266 g/mol. The smallest absolute Gasteiger partial charge is 0.245 e. The van der Waals surface area contributed by atoms with Crippen LogP contribution in [0.2, 0.25) is 0 Å². The number of hydrogen-bond donors (Lipinski definition) is 2. The van der Waals surface area contributed by atoms with Gasteiger partial charge in [-0.2, -0.15) is 4.37 Å². The van der Waals surface area contributed by atoms with Crippen LogP contribution in [-0.2, 0) is 4.74 Å². The molecule has 0 radical (unpaired) electrons. The zero-order valence-electron chi connectivity index (χ0n) is 11.1. The summed E-state index contributed by atoms with van der Waals surface area (Å²) in [5.41, 5.74) is 0. The van der Waals surface area contributed by atoms with Crippen LogP contribution in [0.5, 0.6) is 5.88 Å². The average Bonchev–Trinajstić information content (AvgIpc) is 3.07. The van der Waals surface area contributed by atoms with Gasteiger partial charge in [0.1, 0.15) is 18.9 Å². The molecule has 3 unspecified atom stereocenters. The minimum atomic E-state index is -0.538. The maximum atomic E-state index is 9.78. The largest absolute Gasteiger partial charge is 0.473 e. The Morgan fingerprint density at radius 3 is 3.32 bits per heavy atom. The van der Waals surface area contributed by atoms with E-state index in [-0.39, 0.29) is 6.61 Å². The van der Waals surface area contributed by atoms with Crippen molar-refractivity contribution in [2.24, 2.45) is 5.92 Å². The van der Waals surface area contributed by atoms with Crippen molar-refractivity contribution in [2.75, 3.05) is 26.3 Å². The van der Waals surface area contributed by atoms with E-state index in [0.717, 1.165) is 37.7 Å². The van der Waals surface area contributed by atoms with Crippen LogP contribution in [0.25, 0.3) is 0 Å². The summed E-state index contributed by atoms with van der Waals surface area (Å²) in [7, 11) is 0. The Labute approximate surface area is 117 Å². The minimum Gasteiger partial charge on any atom is -0.473 e. The lowest BCUT2D eigenvalue weighted by molar-refractivity contribution is 0.0820. The predicted octanol–water partition coefficient (Wildman–Crippen LogP) is 0.682. The Balaban J connectivity index is 1.57. The van der Waals surface area contributed by atoms with Gasteiger partial charge in [0, 0.05) is 19.7 Å². The lowest BCUT2D eigenvalue weighted by atomic mass is 10.00. The monoisotopic (exact) mass is 287 g/mol. The average molecular weight is 287 g/mol. The summed E-state index contributed by atoms with van der Waals surface area (Å²) in [6.45, 7) is 4.63. The molecule has 0 aliphatic carbocycles. The maximum Gasteiger partial charge on any atom is 0.245 e. The van der Waals surface area contributed by atoms with Gasteiger partial charge in [0.25, 0.3) is 0 Å². The van der Waals surface area contributed by atoms with Crippen LogP contribution in [0, 0.1) is 5.92 Å². The first-order valence-corrected chi connectivity index (χ1v) is 7.43. The van der Waals surface area contributed by atoms with Crippen LogP contribution in [-0.4, -0.2) is 52.4 Å². The summed E-state index contributed by atoms with van der Waals surface area (Å²) < 4.78 is 18.7. The molecule has 0 bridgehead atoms. The van der Waals surface area contributed by atoms with Crippen molar-refractivity contribution in [3.63, 3.8) is 0 Å². The van der Waals surface area contributed by atoms with Gasteiger partial charge in [-0.3, -0.25) is 0 Å². The molecule has 108 valence electrons. The number of aromatic nitrogens is 2. The molecule has 3 atom stereocenters. The molecule has 1 aromatic heterocycles. The molecule has 19 heavy (non-hydrogen) atoms. The Morgan fingerprint density at radius 1 is 1.68 bits per heavy atom. The lowest BCUT2D eigenvalue weighted by Crippen LogP contribution is -2.36. The van der Waals surface area contributed by atoms with E-state index < -0.39 is 6.10 Å². The van der Waals surface area contributed by atoms with Gasteiger partial charge in [0.2, 0.25) is 5.88 Å². The summed E-state index contributed by atoms with van der Waals surface area (Å²) in [5, 5.41) is 13.1. The molecule has 0 spiro atoms. The van der Waals surface area contributed by atoms with Gasteiger partial charge in [-0.1, -0.05) is 6.92 Å². The van der Waals surface area contributed by atoms with Crippen molar-refractivity contribution in [1.29, 1.82) is 0 Å². The van der Waals surface area contributed by atoms with E-state index >= 15 is 0 Å². The molecule has 1 aliphatic rings. The molecule has 1 saturated heterocycles. The molecule has 2 rings (SSSR count). The Morgan fingerprint density at radius 2 is 2.58 bits per heavy atom. The second-order valence-corrected chi connectivity index (χ2v) is 5.29. The van der Waals surface area contributed by atoms with Crippen LogP contribution >= 0.6 is 11.7 Å². The van der Waals surface area contributed by atoms with Gasteiger partial charge >= 0.3 is 0 Å². The number of aliphatic hydroxyl groups is 1. The van der Waals surface area contributed by atoms with Gasteiger partial charge < -0.3 is 19.9 Å². The van der Waals surface area contributed by atoms with E-state index in [1.807, 2.05) is 0 Å². The third-order valence-corrected chi connectivity index (χ3v) is 3.76. The number of hydrogen-bond acceptors (Lipinski definition) is 7. The third kappa shape index (κ3) is 4.68. The van der Waals surface area contributed by atoms with Gasteiger partial charge in [0.15, 0.2) is 0 Å². The third-order valence-electron chi connectivity index (χ3n) is 3.30. The molecule has 0 aromatic carbocycles. The molecule has 2 N–H and O–H groups in total. The van der Waals surface area contributed by atoms with E-state index in [4.69, 9.17) is 9.47 Å². The molecule has 1 aliphatic heterocycles. The fourth-order valence-corrected chi connectivity index (χ4v) is 2.64.